The Labute approximate surface area is 123 Å². The Hall–Kier alpha value is -1.16. The Balaban J connectivity index is 1.74. The monoisotopic (exact) mass is 276 g/mol. The van der Waals surface area contributed by atoms with E-state index in [0.29, 0.717) is 5.92 Å². The van der Waals surface area contributed by atoms with Gasteiger partial charge >= 0.3 is 0 Å². The lowest BCUT2D eigenvalue weighted by atomic mass is 10.1. The summed E-state index contributed by atoms with van der Waals surface area (Å²) in [6, 6.07) is 2.08. The van der Waals surface area contributed by atoms with E-state index in [4.69, 9.17) is 0 Å². The molecule has 0 spiro atoms. The van der Waals surface area contributed by atoms with Crippen LogP contribution in [0.1, 0.15) is 45.2 Å². The number of rotatable bonds is 7. The molecule has 4 heteroatoms. The van der Waals surface area contributed by atoms with Crippen LogP contribution in [0, 0.1) is 5.92 Å². The summed E-state index contributed by atoms with van der Waals surface area (Å²) in [5.74, 6) is 1.62. The zero-order valence-electron chi connectivity index (χ0n) is 12.9. The highest BCUT2D eigenvalue weighted by Crippen LogP contribution is 2.12. The minimum absolute atomic E-state index is 0.651. The average molecular weight is 276 g/mol. The van der Waals surface area contributed by atoms with Gasteiger partial charge in [-0.15, -0.1) is 0 Å². The lowest BCUT2D eigenvalue weighted by Crippen LogP contribution is -2.35. The molecule has 0 saturated carbocycles. The van der Waals surface area contributed by atoms with Crippen LogP contribution in [0.3, 0.4) is 0 Å². The second-order valence-electron chi connectivity index (χ2n) is 5.99. The van der Waals surface area contributed by atoms with Gasteiger partial charge in [0.2, 0.25) is 0 Å². The van der Waals surface area contributed by atoms with Crippen molar-refractivity contribution in [3.8, 4) is 0 Å². The van der Waals surface area contributed by atoms with Crippen LogP contribution in [-0.4, -0.2) is 41.0 Å². The SMILES string of the molecule is CCCc1cc(NCC(C)CN2CCCCC2)ncn1. The Bertz CT molecular complexity index is 388. The lowest BCUT2D eigenvalue weighted by Gasteiger charge is -2.29. The topological polar surface area (TPSA) is 41.0 Å². The Morgan fingerprint density at radius 3 is 2.80 bits per heavy atom. The van der Waals surface area contributed by atoms with Gasteiger partial charge in [-0.2, -0.15) is 0 Å². The van der Waals surface area contributed by atoms with Crippen molar-refractivity contribution in [3.63, 3.8) is 0 Å². The molecule has 2 rings (SSSR count). The standard InChI is InChI=1S/C16H28N4/c1-3-7-15-10-16(19-13-18-15)17-11-14(2)12-20-8-5-4-6-9-20/h10,13-14H,3-9,11-12H2,1-2H3,(H,17,18,19). The number of likely N-dealkylation sites (tertiary alicyclic amines) is 1. The zero-order chi connectivity index (χ0) is 14.2. The Kier molecular flexibility index (Phi) is 6.25. The van der Waals surface area contributed by atoms with E-state index in [0.717, 1.165) is 30.9 Å². The van der Waals surface area contributed by atoms with E-state index in [9.17, 15) is 0 Å². The molecule has 4 nitrogen and oxygen atoms in total. The second kappa shape index (κ2) is 8.20. The van der Waals surface area contributed by atoms with Crippen molar-refractivity contribution in [2.75, 3.05) is 31.5 Å². The molecule has 1 aliphatic heterocycles. The summed E-state index contributed by atoms with van der Waals surface area (Å²) in [5, 5.41) is 3.46. The molecule has 0 bridgehead atoms. The first-order chi connectivity index (χ1) is 9.78. The molecule has 112 valence electrons. The van der Waals surface area contributed by atoms with Crippen LogP contribution < -0.4 is 5.32 Å². The summed E-state index contributed by atoms with van der Waals surface area (Å²) < 4.78 is 0. The molecule has 2 heterocycles. The molecule has 1 fully saturated rings. The van der Waals surface area contributed by atoms with E-state index in [-0.39, 0.29) is 0 Å². The lowest BCUT2D eigenvalue weighted by molar-refractivity contribution is 0.204. The van der Waals surface area contributed by atoms with Crippen molar-refractivity contribution in [1.29, 1.82) is 0 Å². The van der Waals surface area contributed by atoms with Gasteiger partial charge in [-0.3, -0.25) is 0 Å². The van der Waals surface area contributed by atoms with Gasteiger partial charge < -0.3 is 10.2 Å². The quantitative estimate of drug-likeness (QED) is 0.831. The summed E-state index contributed by atoms with van der Waals surface area (Å²) in [6.07, 6.45) is 7.97. The van der Waals surface area contributed by atoms with Crippen LogP contribution in [0.5, 0.6) is 0 Å². The first kappa shape index (κ1) is 15.2. The molecule has 0 aromatic carbocycles. The van der Waals surface area contributed by atoms with Gasteiger partial charge in [0.1, 0.15) is 12.1 Å². The summed E-state index contributed by atoms with van der Waals surface area (Å²) in [6.45, 7) is 9.22. The Morgan fingerprint density at radius 1 is 1.25 bits per heavy atom. The van der Waals surface area contributed by atoms with Crippen LogP contribution in [0.15, 0.2) is 12.4 Å². The average Bonchev–Trinajstić information content (AvgIpc) is 2.47. The summed E-state index contributed by atoms with van der Waals surface area (Å²) >= 11 is 0. The normalized spacial score (nSPS) is 17.9. The fraction of sp³-hybridized carbons (Fsp3) is 0.750. The highest BCUT2D eigenvalue weighted by molar-refractivity contribution is 5.34. The van der Waals surface area contributed by atoms with E-state index in [1.165, 1.54) is 38.9 Å². The van der Waals surface area contributed by atoms with Gasteiger partial charge in [0.15, 0.2) is 0 Å². The number of hydrogen-bond donors (Lipinski definition) is 1. The molecule has 0 aliphatic carbocycles. The fourth-order valence-corrected chi connectivity index (χ4v) is 2.81. The molecule has 1 N–H and O–H groups in total. The summed E-state index contributed by atoms with van der Waals surface area (Å²) in [4.78, 5) is 11.2. The van der Waals surface area contributed by atoms with Crippen molar-refractivity contribution in [1.82, 2.24) is 14.9 Å². The molecule has 1 atom stereocenters. The van der Waals surface area contributed by atoms with Gasteiger partial charge in [0.25, 0.3) is 0 Å². The van der Waals surface area contributed by atoms with Gasteiger partial charge in [-0.1, -0.05) is 26.7 Å². The molecule has 20 heavy (non-hydrogen) atoms. The first-order valence-corrected chi connectivity index (χ1v) is 8.05. The minimum atomic E-state index is 0.651. The van der Waals surface area contributed by atoms with E-state index in [2.05, 4.69) is 40.1 Å². The van der Waals surface area contributed by atoms with E-state index in [1.807, 2.05) is 0 Å². The predicted molar refractivity (Wildman–Crippen MR) is 84.0 cm³/mol. The van der Waals surface area contributed by atoms with Crippen LogP contribution >= 0.6 is 0 Å². The molecule has 1 aliphatic rings. The number of anilines is 1. The highest BCUT2D eigenvalue weighted by Gasteiger charge is 2.13. The third kappa shape index (κ3) is 5.08. The molecular weight excluding hydrogens is 248 g/mol. The van der Waals surface area contributed by atoms with Crippen LogP contribution in [0.4, 0.5) is 5.82 Å². The van der Waals surface area contributed by atoms with E-state index < -0.39 is 0 Å². The van der Waals surface area contributed by atoms with Crippen LogP contribution in [0.2, 0.25) is 0 Å². The third-order valence-corrected chi connectivity index (χ3v) is 3.88. The van der Waals surface area contributed by atoms with Crippen LogP contribution in [-0.2, 0) is 6.42 Å². The number of nitrogens with one attached hydrogen (secondary N) is 1. The maximum atomic E-state index is 4.30. The maximum Gasteiger partial charge on any atom is 0.129 e. The number of aromatic nitrogens is 2. The van der Waals surface area contributed by atoms with Crippen molar-refractivity contribution in [3.05, 3.63) is 18.1 Å². The van der Waals surface area contributed by atoms with Gasteiger partial charge in [0.05, 0.1) is 0 Å². The molecule has 1 aromatic rings. The summed E-state index contributed by atoms with van der Waals surface area (Å²) in [5.41, 5.74) is 1.13. The smallest absolute Gasteiger partial charge is 0.129 e. The third-order valence-electron chi connectivity index (χ3n) is 3.88. The van der Waals surface area contributed by atoms with Crippen molar-refractivity contribution >= 4 is 5.82 Å². The highest BCUT2D eigenvalue weighted by atomic mass is 15.1. The molecule has 1 aromatic heterocycles. The predicted octanol–water partition coefficient (Wildman–Crippen LogP) is 2.96. The summed E-state index contributed by atoms with van der Waals surface area (Å²) in [7, 11) is 0. The minimum Gasteiger partial charge on any atom is -0.370 e. The second-order valence-corrected chi connectivity index (χ2v) is 5.99. The van der Waals surface area contributed by atoms with Gasteiger partial charge in [0, 0.05) is 24.8 Å². The van der Waals surface area contributed by atoms with E-state index >= 15 is 0 Å². The van der Waals surface area contributed by atoms with Crippen molar-refractivity contribution in [2.45, 2.75) is 46.0 Å². The Morgan fingerprint density at radius 2 is 2.05 bits per heavy atom. The maximum absolute atomic E-state index is 4.30. The van der Waals surface area contributed by atoms with Crippen LogP contribution in [0.25, 0.3) is 0 Å². The van der Waals surface area contributed by atoms with Crippen molar-refractivity contribution in [2.24, 2.45) is 5.92 Å². The molecule has 1 unspecified atom stereocenters. The zero-order valence-corrected chi connectivity index (χ0v) is 12.9. The number of nitrogens with zero attached hydrogens (tertiary/aromatic N) is 3. The van der Waals surface area contributed by atoms with E-state index in [1.54, 1.807) is 6.33 Å². The number of aryl methyl sites for hydroxylation is 1. The number of hydrogen-bond acceptors (Lipinski definition) is 4. The first-order valence-electron chi connectivity index (χ1n) is 8.05. The molecule has 0 radical (unpaired) electrons. The van der Waals surface area contributed by atoms with Gasteiger partial charge in [-0.25, -0.2) is 9.97 Å². The van der Waals surface area contributed by atoms with Crippen molar-refractivity contribution < 1.29 is 0 Å². The molecule has 0 amide bonds. The van der Waals surface area contributed by atoms with Gasteiger partial charge in [-0.05, 0) is 38.3 Å². The number of piperidine rings is 1. The fourth-order valence-electron chi connectivity index (χ4n) is 2.81. The molecular formula is C16H28N4. The largest absolute Gasteiger partial charge is 0.370 e. The molecule has 1 saturated heterocycles.